The molecule has 0 spiro atoms. The molecule has 0 radical (unpaired) electrons. The van der Waals surface area contributed by atoms with Crippen LogP contribution in [0.2, 0.25) is 0 Å². The molecule has 0 bridgehead atoms. The fourth-order valence-electron chi connectivity index (χ4n) is 3.17. The number of amides is 1. The second-order valence-electron chi connectivity index (χ2n) is 7.61. The molecule has 10 heteroatoms. The van der Waals surface area contributed by atoms with E-state index in [1.54, 1.807) is 26.1 Å². The number of hydrogen-bond acceptors (Lipinski definition) is 5. The van der Waals surface area contributed by atoms with Crippen LogP contribution in [0.25, 0.3) is 11.4 Å². The number of nitrogens with zero attached hydrogens (tertiary/aromatic N) is 4. The van der Waals surface area contributed by atoms with E-state index in [-0.39, 0.29) is 29.9 Å². The van der Waals surface area contributed by atoms with E-state index in [0.717, 1.165) is 29.8 Å². The van der Waals surface area contributed by atoms with Crippen molar-refractivity contribution in [1.29, 1.82) is 0 Å². The van der Waals surface area contributed by atoms with Crippen molar-refractivity contribution in [3.05, 3.63) is 65.5 Å². The van der Waals surface area contributed by atoms with Gasteiger partial charge >= 0.3 is 0 Å². The number of nitrogens with one attached hydrogen (secondary N) is 3. The van der Waals surface area contributed by atoms with E-state index in [0.29, 0.717) is 36.3 Å². The molecule has 3 aromatic rings. The van der Waals surface area contributed by atoms with Crippen LogP contribution in [0.4, 0.5) is 0 Å². The first kappa shape index (κ1) is 27.1. The number of aromatic nitrogens is 3. The highest BCUT2D eigenvalue weighted by molar-refractivity contribution is 14.0. The molecule has 0 saturated carbocycles. The molecular formula is C24H32IN7O2. The molecule has 0 aliphatic rings. The largest absolute Gasteiger partial charge is 0.497 e. The Bertz CT molecular complexity index is 1080. The minimum absolute atomic E-state index is 0. The summed E-state index contributed by atoms with van der Waals surface area (Å²) in [5.74, 6) is 2.78. The average Bonchev–Trinajstić information content (AvgIpc) is 3.31. The van der Waals surface area contributed by atoms with E-state index in [2.05, 4.69) is 30.8 Å². The first-order chi connectivity index (χ1) is 16.0. The molecule has 34 heavy (non-hydrogen) atoms. The van der Waals surface area contributed by atoms with Crippen LogP contribution in [0.5, 0.6) is 5.75 Å². The summed E-state index contributed by atoms with van der Waals surface area (Å²) in [4.78, 5) is 22.9. The quantitative estimate of drug-likeness (QED) is 0.205. The van der Waals surface area contributed by atoms with Gasteiger partial charge in [0.2, 0.25) is 0 Å². The molecular weight excluding hydrogens is 545 g/mol. The molecule has 2 aromatic carbocycles. The number of benzene rings is 2. The van der Waals surface area contributed by atoms with Gasteiger partial charge in [0.05, 0.1) is 7.11 Å². The maximum Gasteiger partial charge on any atom is 0.253 e. The average molecular weight is 577 g/mol. The molecule has 0 unspecified atom stereocenters. The minimum Gasteiger partial charge on any atom is -0.497 e. The van der Waals surface area contributed by atoms with Gasteiger partial charge in [-0.25, -0.2) is 9.98 Å². The number of carbonyl (C=O) groups is 1. The highest BCUT2D eigenvalue weighted by Crippen LogP contribution is 2.19. The van der Waals surface area contributed by atoms with Crippen LogP contribution in [0.15, 0.2) is 53.5 Å². The zero-order chi connectivity index (χ0) is 23.6. The summed E-state index contributed by atoms with van der Waals surface area (Å²) in [6.45, 7) is 3.81. The predicted molar refractivity (Wildman–Crippen MR) is 145 cm³/mol. The molecule has 0 aliphatic carbocycles. The molecule has 1 aromatic heterocycles. The molecule has 1 amide bonds. The van der Waals surface area contributed by atoms with Crippen molar-refractivity contribution < 1.29 is 9.53 Å². The molecule has 0 saturated heterocycles. The summed E-state index contributed by atoms with van der Waals surface area (Å²) in [6, 6.07) is 15.3. The van der Waals surface area contributed by atoms with Crippen molar-refractivity contribution in [3.63, 3.8) is 0 Å². The number of guanidine groups is 1. The Kier molecular flexibility index (Phi) is 10.8. The lowest BCUT2D eigenvalue weighted by molar-refractivity contribution is 0.0827. The third-order valence-corrected chi connectivity index (χ3v) is 4.90. The third-order valence-electron chi connectivity index (χ3n) is 4.90. The summed E-state index contributed by atoms with van der Waals surface area (Å²) in [7, 11) is 5.14. The van der Waals surface area contributed by atoms with Crippen molar-refractivity contribution in [2.24, 2.45) is 4.99 Å². The Morgan fingerprint density at radius 2 is 1.91 bits per heavy atom. The van der Waals surface area contributed by atoms with Crippen LogP contribution < -0.4 is 15.4 Å². The number of rotatable bonds is 9. The van der Waals surface area contributed by atoms with E-state index in [1.165, 1.54) is 0 Å². The predicted octanol–water partition coefficient (Wildman–Crippen LogP) is 3.10. The van der Waals surface area contributed by atoms with Gasteiger partial charge in [-0.3, -0.25) is 9.89 Å². The molecule has 0 fully saturated rings. The molecule has 0 atom stereocenters. The topological polar surface area (TPSA) is 108 Å². The monoisotopic (exact) mass is 577 g/mol. The molecule has 3 rings (SSSR count). The first-order valence-electron chi connectivity index (χ1n) is 10.9. The molecule has 9 nitrogen and oxygen atoms in total. The first-order valence-corrected chi connectivity index (χ1v) is 10.9. The van der Waals surface area contributed by atoms with Gasteiger partial charge in [0, 0.05) is 38.3 Å². The Labute approximate surface area is 217 Å². The smallest absolute Gasteiger partial charge is 0.253 e. The highest BCUT2D eigenvalue weighted by atomic mass is 127. The van der Waals surface area contributed by atoms with Gasteiger partial charge in [0.1, 0.15) is 18.1 Å². The number of aromatic amines is 1. The number of hydrogen-bond donors (Lipinski definition) is 3. The number of H-pyrrole nitrogens is 1. The van der Waals surface area contributed by atoms with Crippen LogP contribution in [0, 0.1) is 0 Å². The SMILES string of the molecule is CCNC(=NCc1nc(-c2ccc(OC)cc2)n[nH]1)NCCc1cccc(C(=O)N(C)C)c1.I. The van der Waals surface area contributed by atoms with E-state index in [1.807, 2.05) is 55.5 Å². The summed E-state index contributed by atoms with van der Waals surface area (Å²) in [5.41, 5.74) is 2.68. The van der Waals surface area contributed by atoms with Gasteiger partial charge in [-0.05, 0) is 55.3 Å². The highest BCUT2D eigenvalue weighted by Gasteiger charge is 2.09. The zero-order valence-electron chi connectivity index (χ0n) is 20.0. The fourth-order valence-corrected chi connectivity index (χ4v) is 3.17. The van der Waals surface area contributed by atoms with Crippen LogP contribution in [-0.2, 0) is 13.0 Å². The molecule has 182 valence electrons. The number of methoxy groups -OCH3 is 1. The second-order valence-corrected chi connectivity index (χ2v) is 7.61. The maximum atomic E-state index is 12.2. The second kappa shape index (κ2) is 13.5. The lowest BCUT2D eigenvalue weighted by Crippen LogP contribution is -2.38. The summed E-state index contributed by atoms with van der Waals surface area (Å²) in [5, 5.41) is 13.8. The van der Waals surface area contributed by atoms with E-state index in [4.69, 9.17) is 4.74 Å². The van der Waals surface area contributed by atoms with Gasteiger partial charge in [-0.2, -0.15) is 5.10 Å². The Morgan fingerprint density at radius 1 is 1.15 bits per heavy atom. The Balaban J connectivity index is 0.00000408. The van der Waals surface area contributed by atoms with Crippen molar-refractivity contribution in [2.45, 2.75) is 19.9 Å². The number of aliphatic imine (C=N–C) groups is 1. The third kappa shape index (κ3) is 7.72. The van der Waals surface area contributed by atoms with Crippen molar-refractivity contribution in [3.8, 4) is 17.1 Å². The van der Waals surface area contributed by atoms with Crippen LogP contribution >= 0.6 is 24.0 Å². The van der Waals surface area contributed by atoms with Crippen LogP contribution in [-0.4, -0.2) is 66.2 Å². The normalized spacial score (nSPS) is 10.9. The zero-order valence-corrected chi connectivity index (χ0v) is 22.3. The molecule has 1 heterocycles. The lowest BCUT2D eigenvalue weighted by Gasteiger charge is -2.13. The number of halogens is 1. The lowest BCUT2D eigenvalue weighted by atomic mass is 10.1. The van der Waals surface area contributed by atoms with Gasteiger partial charge in [0.15, 0.2) is 11.8 Å². The van der Waals surface area contributed by atoms with E-state index in [9.17, 15) is 4.79 Å². The van der Waals surface area contributed by atoms with Crippen LogP contribution in [0.1, 0.15) is 28.7 Å². The van der Waals surface area contributed by atoms with Gasteiger partial charge in [0.25, 0.3) is 5.91 Å². The van der Waals surface area contributed by atoms with Crippen molar-refractivity contribution in [1.82, 2.24) is 30.7 Å². The van der Waals surface area contributed by atoms with E-state index >= 15 is 0 Å². The van der Waals surface area contributed by atoms with Crippen LogP contribution in [0.3, 0.4) is 0 Å². The Hall–Kier alpha value is -3.15. The Morgan fingerprint density at radius 3 is 2.59 bits per heavy atom. The summed E-state index contributed by atoms with van der Waals surface area (Å²) < 4.78 is 5.19. The molecule has 0 aliphatic heterocycles. The van der Waals surface area contributed by atoms with Gasteiger partial charge in [-0.15, -0.1) is 24.0 Å². The van der Waals surface area contributed by atoms with E-state index < -0.39 is 0 Å². The molecule has 3 N–H and O–H groups in total. The van der Waals surface area contributed by atoms with Gasteiger partial charge < -0.3 is 20.3 Å². The minimum atomic E-state index is 0. The maximum absolute atomic E-state index is 12.2. The van der Waals surface area contributed by atoms with Crippen molar-refractivity contribution in [2.75, 3.05) is 34.3 Å². The summed E-state index contributed by atoms with van der Waals surface area (Å²) >= 11 is 0. The number of carbonyl (C=O) groups excluding carboxylic acids is 1. The number of ether oxygens (including phenoxy) is 1. The summed E-state index contributed by atoms with van der Waals surface area (Å²) in [6.07, 6.45) is 0.767. The fraction of sp³-hybridized carbons (Fsp3) is 0.333. The van der Waals surface area contributed by atoms with Gasteiger partial charge in [-0.1, -0.05) is 12.1 Å². The van der Waals surface area contributed by atoms with Crippen molar-refractivity contribution >= 4 is 35.8 Å². The standard InChI is InChI=1S/C24H31N7O2.HI/c1-5-25-24(26-14-13-17-7-6-8-19(15-17)23(32)31(2)3)27-16-21-28-22(30-29-21)18-9-11-20(33-4)12-10-18;/h6-12,15H,5,13-14,16H2,1-4H3,(H2,25,26,27)(H,28,29,30);1H.